The van der Waals surface area contributed by atoms with Crippen LogP contribution in [0.25, 0.3) is 0 Å². The maximum absolute atomic E-state index is 11.4. The van der Waals surface area contributed by atoms with Crippen molar-refractivity contribution in [3.63, 3.8) is 0 Å². The van der Waals surface area contributed by atoms with E-state index in [4.69, 9.17) is 0 Å². The highest BCUT2D eigenvalue weighted by Crippen LogP contribution is 2.24. The molecule has 90 valence electrons. The molecule has 16 heavy (non-hydrogen) atoms. The average molecular weight is 241 g/mol. The lowest BCUT2D eigenvalue weighted by molar-refractivity contribution is 0.381. The van der Waals surface area contributed by atoms with E-state index >= 15 is 0 Å². The van der Waals surface area contributed by atoms with Gasteiger partial charge in [-0.25, -0.2) is 0 Å². The van der Waals surface area contributed by atoms with E-state index in [-0.39, 0.29) is 0 Å². The highest BCUT2D eigenvalue weighted by Gasteiger charge is 2.16. The Balaban J connectivity index is 2.01. The topological polar surface area (TPSA) is 47.8 Å². The summed E-state index contributed by atoms with van der Waals surface area (Å²) in [5.41, 5.74) is 0. The molecule has 1 aliphatic carbocycles. The normalized spacial score (nSPS) is 20.6. The van der Waals surface area contributed by atoms with Gasteiger partial charge in [-0.2, -0.15) is 0 Å². The molecule has 1 saturated carbocycles. The summed E-state index contributed by atoms with van der Waals surface area (Å²) in [6.07, 6.45) is 11.3. The fourth-order valence-corrected chi connectivity index (χ4v) is 3.03. The smallest absolute Gasteiger partial charge is 0.221 e. The van der Waals surface area contributed by atoms with Crippen LogP contribution in [0, 0.1) is 5.92 Å². The van der Waals surface area contributed by atoms with Crippen LogP contribution in [0.2, 0.25) is 0 Å². The van der Waals surface area contributed by atoms with Gasteiger partial charge >= 0.3 is 0 Å². The molecule has 1 aliphatic rings. The van der Waals surface area contributed by atoms with Gasteiger partial charge in [-0.05, 0) is 18.8 Å². The minimum atomic E-state index is -1.03. The summed E-state index contributed by atoms with van der Waals surface area (Å²) < 4.78 is 13.4. The van der Waals surface area contributed by atoms with Gasteiger partial charge < -0.3 is 4.57 Å². The molecule has 0 bridgehead atoms. The second-order valence-electron chi connectivity index (χ2n) is 4.58. The maximum Gasteiger partial charge on any atom is 0.221 e. The first-order valence-corrected chi connectivity index (χ1v) is 7.54. The van der Waals surface area contributed by atoms with Crippen LogP contribution in [0.3, 0.4) is 0 Å². The molecule has 1 atom stereocenters. The third-order valence-electron chi connectivity index (χ3n) is 3.27. The standard InChI is InChI=1S/C11H19N3OS/c1-16(15)11-13-12-9-14(11)8-10-6-4-2-3-5-7-10/h9-10H,2-8H2,1H3/t16-/m0/s1. The van der Waals surface area contributed by atoms with Crippen LogP contribution in [0.1, 0.15) is 38.5 Å². The number of aromatic nitrogens is 3. The molecule has 1 aromatic rings. The SMILES string of the molecule is C[S@](=O)c1nncn1CC1CCCCCC1. The molecule has 0 radical (unpaired) electrons. The van der Waals surface area contributed by atoms with Crippen molar-refractivity contribution < 1.29 is 4.21 Å². The van der Waals surface area contributed by atoms with Crippen molar-refractivity contribution >= 4 is 10.8 Å². The number of hydrogen-bond acceptors (Lipinski definition) is 3. The van der Waals surface area contributed by atoms with Gasteiger partial charge in [0.25, 0.3) is 0 Å². The molecule has 0 aromatic carbocycles. The van der Waals surface area contributed by atoms with Crippen molar-refractivity contribution in [2.24, 2.45) is 5.92 Å². The molecule has 0 spiro atoms. The Hall–Kier alpha value is -0.710. The minimum Gasteiger partial charge on any atom is -0.306 e. The second-order valence-corrected chi connectivity index (χ2v) is 5.85. The Morgan fingerprint density at radius 3 is 2.69 bits per heavy atom. The fraction of sp³-hybridized carbons (Fsp3) is 0.818. The van der Waals surface area contributed by atoms with Crippen molar-refractivity contribution in [2.75, 3.05) is 6.26 Å². The second kappa shape index (κ2) is 5.57. The lowest BCUT2D eigenvalue weighted by Crippen LogP contribution is -2.12. The van der Waals surface area contributed by atoms with Crippen molar-refractivity contribution in [2.45, 2.75) is 50.2 Å². The quantitative estimate of drug-likeness (QED) is 0.760. The molecule has 0 saturated heterocycles. The van der Waals surface area contributed by atoms with Gasteiger partial charge in [0.2, 0.25) is 5.16 Å². The lowest BCUT2D eigenvalue weighted by Gasteiger charge is -2.14. The first-order chi connectivity index (χ1) is 7.77. The molecule has 0 aliphatic heterocycles. The van der Waals surface area contributed by atoms with Crippen LogP contribution in [-0.4, -0.2) is 25.2 Å². The van der Waals surface area contributed by atoms with Crippen LogP contribution >= 0.6 is 0 Å². The van der Waals surface area contributed by atoms with E-state index in [2.05, 4.69) is 10.2 Å². The molecule has 2 rings (SSSR count). The molecule has 0 amide bonds. The van der Waals surface area contributed by atoms with Gasteiger partial charge in [-0.3, -0.25) is 4.21 Å². The monoisotopic (exact) mass is 241 g/mol. The molecule has 1 aromatic heterocycles. The summed E-state index contributed by atoms with van der Waals surface area (Å²) >= 11 is 0. The van der Waals surface area contributed by atoms with Crippen LogP contribution < -0.4 is 0 Å². The molecule has 1 heterocycles. The first-order valence-electron chi connectivity index (χ1n) is 5.98. The first kappa shape index (κ1) is 11.8. The van der Waals surface area contributed by atoms with Gasteiger partial charge in [0.05, 0.1) is 10.8 Å². The number of nitrogens with zero attached hydrogens (tertiary/aromatic N) is 3. The van der Waals surface area contributed by atoms with E-state index < -0.39 is 10.8 Å². The Morgan fingerprint density at radius 2 is 2.06 bits per heavy atom. The van der Waals surface area contributed by atoms with E-state index in [0.717, 1.165) is 6.54 Å². The molecular weight excluding hydrogens is 222 g/mol. The van der Waals surface area contributed by atoms with Gasteiger partial charge in [0.1, 0.15) is 6.33 Å². The van der Waals surface area contributed by atoms with Crippen LogP contribution in [0.15, 0.2) is 11.5 Å². The Bertz CT molecular complexity index is 356. The molecule has 1 fully saturated rings. The van der Waals surface area contributed by atoms with E-state index in [1.807, 2.05) is 4.57 Å². The Kier molecular flexibility index (Phi) is 4.09. The maximum atomic E-state index is 11.4. The van der Waals surface area contributed by atoms with E-state index in [0.29, 0.717) is 11.1 Å². The van der Waals surface area contributed by atoms with E-state index in [9.17, 15) is 4.21 Å². The van der Waals surface area contributed by atoms with Crippen molar-refractivity contribution in [1.29, 1.82) is 0 Å². The molecule has 4 nitrogen and oxygen atoms in total. The molecule has 0 N–H and O–H groups in total. The van der Waals surface area contributed by atoms with Crippen molar-refractivity contribution in [1.82, 2.24) is 14.8 Å². The summed E-state index contributed by atoms with van der Waals surface area (Å²) in [5, 5.41) is 8.38. The largest absolute Gasteiger partial charge is 0.306 e. The minimum absolute atomic E-state index is 0.615. The Labute approximate surface area is 98.9 Å². The van der Waals surface area contributed by atoms with Crippen molar-refractivity contribution in [3.05, 3.63) is 6.33 Å². The van der Waals surface area contributed by atoms with Crippen molar-refractivity contribution in [3.8, 4) is 0 Å². The number of rotatable bonds is 3. The van der Waals surface area contributed by atoms with Gasteiger partial charge in [-0.1, -0.05) is 25.7 Å². The summed E-state index contributed by atoms with van der Waals surface area (Å²) in [6.45, 7) is 0.932. The highest BCUT2D eigenvalue weighted by atomic mass is 32.2. The predicted octanol–water partition coefficient (Wildman–Crippen LogP) is 1.99. The molecule has 5 heteroatoms. The van der Waals surface area contributed by atoms with Crippen LogP contribution in [0.5, 0.6) is 0 Å². The van der Waals surface area contributed by atoms with Crippen LogP contribution in [0.4, 0.5) is 0 Å². The average Bonchev–Trinajstić information content (AvgIpc) is 2.55. The van der Waals surface area contributed by atoms with Gasteiger partial charge in [0, 0.05) is 12.8 Å². The van der Waals surface area contributed by atoms with Gasteiger partial charge in [-0.15, -0.1) is 10.2 Å². The van der Waals surface area contributed by atoms with Crippen LogP contribution in [-0.2, 0) is 17.3 Å². The summed E-state index contributed by atoms with van der Waals surface area (Å²) in [4.78, 5) is 0. The fourth-order valence-electron chi connectivity index (χ4n) is 2.42. The summed E-state index contributed by atoms with van der Waals surface area (Å²) in [7, 11) is -1.03. The van der Waals surface area contributed by atoms with Gasteiger partial charge in [0.15, 0.2) is 0 Å². The lowest BCUT2D eigenvalue weighted by atomic mass is 10.0. The molecule has 0 unspecified atom stereocenters. The highest BCUT2D eigenvalue weighted by molar-refractivity contribution is 7.84. The summed E-state index contributed by atoms with van der Waals surface area (Å²) in [5.74, 6) is 0.709. The van der Waals surface area contributed by atoms with E-state index in [1.165, 1.54) is 38.5 Å². The zero-order valence-electron chi connectivity index (χ0n) is 9.76. The zero-order valence-corrected chi connectivity index (χ0v) is 10.6. The third-order valence-corrected chi connectivity index (χ3v) is 4.10. The zero-order chi connectivity index (χ0) is 11.4. The van der Waals surface area contributed by atoms with E-state index in [1.54, 1.807) is 12.6 Å². The number of hydrogen-bond donors (Lipinski definition) is 0. The predicted molar refractivity (Wildman–Crippen MR) is 63.5 cm³/mol. The summed E-state index contributed by atoms with van der Waals surface area (Å²) in [6, 6.07) is 0. The molecular formula is C11H19N3OS. The Morgan fingerprint density at radius 1 is 1.38 bits per heavy atom. The third kappa shape index (κ3) is 2.90.